The van der Waals surface area contributed by atoms with Crippen LogP contribution < -0.4 is 0 Å². The molecule has 0 spiro atoms. The molecule has 0 aromatic heterocycles. The van der Waals surface area contributed by atoms with Crippen molar-refractivity contribution in [1.82, 2.24) is 0 Å². The molecule has 0 aliphatic heterocycles. The molecule has 0 saturated heterocycles. The minimum absolute atomic E-state index is 0.177. The Morgan fingerprint density at radius 3 is 1.22 bits per heavy atom. The zero-order valence-electron chi connectivity index (χ0n) is 16.4. The first-order valence-corrected chi connectivity index (χ1v) is 10.6. The summed E-state index contributed by atoms with van der Waals surface area (Å²) in [4.78, 5) is 10.2. The molecule has 0 rings (SSSR count). The van der Waals surface area contributed by atoms with E-state index in [9.17, 15) is 0 Å². The van der Waals surface area contributed by atoms with Gasteiger partial charge in [0.15, 0.2) is 0 Å². The Hall–Kier alpha value is -0.0800. The molecule has 0 heterocycles. The molecule has 0 N–H and O–H groups in total. The van der Waals surface area contributed by atoms with E-state index in [1.807, 2.05) is 13.8 Å². The van der Waals surface area contributed by atoms with Gasteiger partial charge in [0.1, 0.15) is 0 Å². The van der Waals surface area contributed by atoms with Gasteiger partial charge in [-0.1, -0.05) is 103 Å². The summed E-state index contributed by atoms with van der Waals surface area (Å²) in [7, 11) is 0. The molecule has 0 aromatic carbocycles. The topological polar surface area (TPSA) is 18.5 Å². The van der Waals surface area contributed by atoms with Crippen molar-refractivity contribution < 1.29 is 9.78 Å². The van der Waals surface area contributed by atoms with Crippen LogP contribution in [0.1, 0.15) is 124 Å². The lowest BCUT2D eigenvalue weighted by atomic mass is 10.0. The van der Waals surface area contributed by atoms with Crippen LogP contribution in [0.15, 0.2) is 0 Å². The standard InChI is InChI=1S/C21H44O2/c1-4-5-6-7-8-9-10-11-12-13-14-15-16-17-18-19-20-22-23-21(2)3/h21H,4-20H2,1-3H3. The molecule has 2 nitrogen and oxygen atoms in total. The van der Waals surface area contributed by atoms with E-state index in [-0.39, 0.29) is 6.10 Å². The van der Waals surface area contributed by atoms with Crippen molar-refractivity contribution in [3.63, 3.8) is 0 Å². The highest BCUT2D eigenvalue weighted by molar-refractivity contribution is 4.49. The van der Waals surface area contributed by atoms with Gasteiger partial charge in [0, 0.05) is 0 Å². The van der Waals surface area contributed by atoms with Crippen molar-refractivity contribution in [2.75, 3.05) is 6.61 Å². The maximum Gasteiger partial charge on any atom is 0.0873 e. The predicted octanol–water partition coefficient (Wildman–Crippen LogP) is 7.60. The third kappa shape index (κ3) is 21.9. The summed E-state index contributed by atoms with van der Waals surface area (Å²) in [6.45, 7) is 7.02. The highest BCUT2D eigenvalue weighted by Crippen LogP contribution is 2.13. The van der Waals surface area contributed by atoms with E-state index in [0.717, 1.165) is 13.0 Å². The molecule has 0 atom stereocenters. The largest absolute Gasteiger partial charge is 0.236 e. The molecule has 0 bridgehead atoms. The first-order chi connectivity index (χ1) is 11.3. The van der Waals surface area contributed by atoms with Gasteiger partial charge in [-0.2, -0.15) is 0 Å². The van der Waals surface area contributed by atoms with E-state index >= 15 is 0 Å². The van der Waals surface area contributed by atoms with Crippen LogP contribution in [0.5, 0.6) is 0 Å². The Morgan fingerprint density at radius 2 is 0.870 bits per heavy atom. The van der Waals surface area contributed by atoms with Crippen LogP contribution in [0.4, 0.5) is 0 Å². The van der Waals surface area contributed by atoms with Crippen molar-refractivity contribution in [3.8, 4) is 0 Å². The zero-order chi connectivity index (χ0) is 17.0. The van der Waals surface area contributed by atoms with Crippen LogP contribution in [0, 0.1) is 0 Å². The van der Waals surface area contributed by atoms with E-state index in [1.54, 1.807) is 0 Å². The van der Waals surface area contributed by atoms with Crippen LogP contribution in [-0.2, 0) is 9.78 Å². The van der Waals surface area contributed by atoms with Crippen LogP contribution >= 0.6 is 0 Å². The average Bonchev–Trinajstić information content (AvgIpc) is 2.53. The second kappa shape index (κ2) is 20.0. The van der Waals surface area contributed by atoms with Gasteiger partial charge in [0.2, 0.25) is 0 Å². The first-order valence-electron chi connectivity index (χ1n) is 10.6. The Morgan fingerprint density at radius 1 is 0.522 bits per heavy atom. The Balaban J connectivity index is 2.95. The molecule has 140 valence electrons. The fraction of sp³-hybridized carbons (Fsp3) is 1.00. The van der Waals surface area contributed by atoms with E-state index < -0.39 is 0 Å². The average molecular weight is 329 g/mol. The Bertz CT molecular complexity index is 204. The van der Waals surface area contributed by atoms with Crippen LogP contribution in [0.2, 0.25) is 0 Å². The quantitative estimate of drug-likeness (QED) is 0.138. The van der Waals surface area contributed by atoms with Crippen molar-refractivity contribution in [3.05, 3.63) is 0 Å². The van der Waals surface area contributed by atoms with Gasteiger partial charge in [-0.3, -0.25) is 0 Å². The SMILES string of the molecule is CCCCCCCCCCCCCCCCCCOOC(C)C. The molecule has 2 heteroatoms. The number of unbranched alkanes of at least 4 members (excludes halogenated alkanes) is 15. The van der Waals surface area contributed by atoms with Crippen LogP contribution in [0.3, 0.4) is 0 Å². The fourth-order valence-electron chi connectivity index (χ4n) is 2.89. The van der Waals surface area contributed by atoms with Gasteiger partial charge in [-0.25, -0.2) is 9.78 Å². The van der Waals surface area contributed by atoms with E-state index in [2.05, 4.69) is 6.92 Å². The Labute approximate surface area is 146 Å². The highest BCUT2D eigenvalue weighted by atomic mass is 17.2. The van der Waals surface area contributed by atoms with Crippen molar-refractivity contribution >= 4 is 0 Å². The maximum atomic E-state index is 5.11. The van der Waals surface area contributed by atoms with Gasteiger partial charge < -0.3 is 0 Å². The summed E-state index contributed by atoms with van der Waals surface area (Å²) < 4.78 is 0. The van der Waals surface area contributed by atoms with Crippen LogP contribution in [-0.4, -0.2) is 12.7 Å². The van der Waals surface area contributed by atoms with Crippen molar-refractivity contribution in [2.45, 2.75) is 130 Å². The fourth-order valence-corrected chi connectivity index (χ4v) is 2.89. The molecule has 0 unspecified atom stereocenters. The minimum atomic E-state index is 0.177. The van der Waals surface area contributed by atoms with Gasteiger partial charge in [0.25, 0.3) is 0 Å². The second-order valence-corrected chi connectivity index (χ2v) is 7.27. The lowest BCUT2D eigenvalue weighted by Gasteiger charge is -2.06. The van der Waals surface area contributed by atoms with Crippen LogP contribution in [0.25, 0.3) is 0 Å². The number of rotatable bonds is 19. The summed E-state index contributed by atoms with van der Waals surface area (Å²) in [6, 6.07) is 0. The molecule has 0 aliphatic rings. The highest BCUT2D eigenvalue weighted by Gasteiger charge is 1.96. The van der Waals surface area contributed by atoms with E-state index in [0.29, 0.717) is 0 Å². The maximum absolute atomic E-state index is 5.11. The third-order valence-corrected chi connectivity index (χ3v) is 4.34. The lowest BCUT2D eigenvalue weighted by molar-refractivity contribution is -0.317. The van der Waals surface area contributed by atoms with Crippen molar-refractivity contribution in [1.29, 1.82) is 0 Å². The van der Waals surface area contributed by atoms with Gasteiger partial charge in [-0.05, 0) is 20.3 Å². The third-order valence-electron chi connectivity index (χ3n) is 4.34. The molecular formula is C21H44O2. The molecule has 0 amide bonds. The molecule has 0 radical (unpaired) electrons. The van der Waals surface area contributed by atoms with E-state index in [4.69, 9.17) is 9.78 Å². The monoisotopic (exact) mass is 328 g/mol. The summed E-state index contributed by atoms with van der Waals surface area (Å²) in [5.41, 5.74) is 0. The molecule has 0 saturated carbocycles. The van der Waals surface area contributed by atoms with Gasteiger partial charge in [-0.15, -0.1) is 0 Å². The van der Waals surface area contributed by atoms with E-state index in [1.165, 1.54) is 96.3 Å². The molecule has 0 aliphatic carbocycles. The molecule has 0 aromatic rings. The normalized spacial score (nSPS) is 11.5. The minimum Gasteiger partial charge on any atom is -0.236 e. The zero-order valence-corrected chi connectivity index (χ0v) is 16.4. The summed E-state index contributed by atoms with van der Waals surface area (Å²) in [5, 5.41) is 0. The number of hydrogen-bond donors (Lipinski definition) is 0. The summed E-state index contributed by atoms with van der Waals surface area (Å²) in [6.07, 6.45) is 22.6. The predicted molar refractivity (Wildman–Crippen MR) is 102 cm³/mol. The Kier molecular flexibility index (Phi) is 19.9. The first kappa shape index (κ1) is 22.9. The van der Waals surface area contributed by atoms with Crippen molar-refractivity contribution in [2.24, 2.45) is 0 Å². The number of hydrogen-bond acceptors (Lipinski definition) is 2. The molecular weight excluding hydrogens is 284 g/mol. The smallest absolute Gasteiger partial charge is 0.0873 e. The lowest BCUT2D eigenvalue weighted by Crippen LogP contribution is -2.04. The summed E-state index contributed by atoms with van der Waals surface area (Å²) >= 11 is 0. The second-order valence-electron chi connectivity index (χ2n) is 7.27. The van der Waals surface area contributed by atoms with Gasteiger partial charge in [0.05, 0.1) is 12.7 Å². The van der Waals surface area contributed by atoms with Gasteiger partial charge >= 0.3 is 0 Å². The summed E-state index contributed by atoms with van der Waals surface area (Å²) in [5.74, 6) is 0. The molecule has 23 heavy (non-hydrogen) atoms. The molecule has 0 fully saturated rings.